The number of nitriles is 1. The van der Waals surface area contributed by atoms with Gasteiger partial charge in [0, 0.05) is 12.1 Å². The van der Waals surface area contributed by atoms with E-state index in [2.05, 4.69) is 32.2 Å². The lowest BCUT2D eigenvalue weighted by Gasteiger charge is -2.24. The lowest BCUT2D eigenvalue weighted by atomic mass is 10.0. The van der Waals surface area contributed by atoms with Crippen LogP contribution >= 0.6 is 0 Å². The van der Waals surface area contributed by atoms with Gasteiger partial charge in [-0.25, -0.2) is 0 Å². The zero-order valence-corrected chi connectivity index (χ0v) is 9.67. The molecule has 0 aromatic heterocycles. The van der Waals surface area contributed by atoms with Gasteiger partial charge in [0.1, 0.15) is 0 Å². The van der Waals surface area contributed by atoms with Crippen LogP contribution < -0.4 is 5.32 Å². The van der Waals surface area contributed by atoms with Crippen LogP contribution in [0.1, 0.15) is 38.3 Å². The van der Waals surface area contributed by atoms with Gasteiger partial charge in [-0.2, -0.15) is 5.26 Å². The Morgan fingerprint density at radius 1 is 1.40 bits per heavy atom. The average Bonchev–Trinajstić information content (AvgIpc) is 2.27. The summed E-state index contributed by atoms with van der Waals surface area (Å²) >= 11 is 0. The SMILES string of the molecule is CCC(C)(C)NCc1cccc(C#N)c1. The highest BCUT2D eigenvalue weighted by Crippen LogP contribution is 2.10. The van der Waals surface area contributed by atoms with Crippen molar-refractivity contribution >= 4 is 0 Å². The van der Waals surface area contributed by atoms with E-state index in [0.29, 0.717) is 0 Å². The van der Waals surface area contributed by atoms with Crippen LogP contribution in [0.15, 0.2) is 24.3 Å². The van der Waals surface area contributed by atoms with E-state index in [1.807, 2.05) is 24.3 Å². The Morgan fingerprint density at radius 3 is 2.73 bits per heavy atom. The molecule has 1 N–H and O–H groups in total. The fraction of sp³-hybridized carbons (Fsp3) is 0.462. The second kappa shape index (κ2) is 4.95. The first-order chi connectivity index (χ1) is 7.07. The minimum atomic E-state index is 0.155. The van der Waals surface area contributed by atoms with Gasteiger partial charge < -0.3 is 5.32 Å². The summed E-state index contributed by atoms with van der Waals surface area (Å²) in [7, 11) is 0. The number of rotatable bonds is 4. The molecule has 2 heteroatoms. The largest absolute Gasteiger partial charge is 0.308 e. The third kappa shape index (κ3) is 3.73. The van der Waals surface area contributed by atoms with Crippen LogP contribution in [-0.4, -0.2) is 5.54 Å². The van der Waals surface area contributed by atoms with E-state index in [-0.39, 0.29) is 5.54 Å². The molecule has 0 saturated carbocycles. The summed E-state index contributed by atoms with van der Waals surface area (Å²) in [6, 6.07) is 9.87. The Kier molecular flexibility index (Phi) is 3.88. The molecule has 0 unspecified atom stereocenters. The number of nitrogens with zero attached hydrogens (tertiary/aromatic N) is 1. The summed E-state index contributed by atoms with van der Waals surface area (Å²) in [5.41, 5.74) is 2.04. The number of benzene rings is 1. The highest BCUT2D eigenvalue weighted by molar-refractivity contribution is 5.32. The molecule has 0 aliphatic rings. The zero-order valence-electron chi connectivity index (χ0n) is 9.67. The van der Waals surface area contributed by atoms with Gasteiger partial charge in [-0.1, -0.05) is 19.1 Å². The molecule has 0 amide bonds. The van der Waals surface area contributed by atoms with Gasteiger partial charge in [-0.15, -0.1) is 0 Å². The number of hydrogen-bond acceptors (Lipinski definition) is 2. The predicted octanol–water partition coefficient (Wildman–Crippen LogP) is 2.84. The van der Waals surface area contributed by atoms with Crippen LogP contribution in [0.4, 0.5) is 0 Å². The van der Waals surface area contributed by atoms with E-state index in [9.17, 15) is 0 Å². The minimum Gasteiger partial charge on any atom is -0.308 e. The van der Waals surface area contributed by atoms with E-state index < -0.39 is 0 Å². The van der Waals surface area contributed by atoms with Crippen molar-refractivity contribution in [3.05, 3.63) is 35.4 Å². The fourth-order valence-corrected chi connectivity index (χ4v) is 1.22. The van der Waals surface area contributed by atoms with Gasteiger partial charge >= 0.3 is 0 Å². The van der Waals surface area contributed by atoms with E-state index in [0.717, 1.165) is 24.1 Å². The van der Waals surface area contributed by atoms with E-state index >= 15 is 0 Å². The summed E-state index contributed by atoms with van der Waals surface area (Å²) in [4.78, 5) is 0. The maximum Gasteiger partial charge on any atom is 0.0991 e. The standard InChI is InChI=1S/C13H18N2/c1-4-13(2,3)15-10-12-7-5-6-11(8-12)9-14/h5-8,15H,4,10H2,1-3H3. The van der Waals surface area contributed by atoms with E-state index in [1.54, 1.807) is 0 Å². The molecule has 15 heavy (non-hydrogen) atoms. The molecule has 0 bridgehead atoms. The van der Waals surface area contributed by atoms with Crippen LogP contribution in [0.2, 0.25) is 0 Å². The molecule has 1 aromatic carbocycles. The summed E-state index contributed by atoms with van der Waals surface area (Å²) in [6.07, 6.45) is 1.09. The molecule has 0 heterocycles. The average molecular weight is 202 g/mol. The van der Waals surface area contributed by atoms with Crippen molar-refractivity contribution in [3.8, 4) is 6.07 Å². The van der Waals surface area contributed by atoms with Crippen LogP contribution in [0.3, 0.4) is 0 Å². The quantitative estimate of drug-likeness (QED) is 0.815. The zero-order chi connectivity index (χ0) is 11.3. The summed E-state index contributed by atoms with van der Waals surface area (Å²) in [5.74, 6) is 0. The van der Waals surface area contributed by atoms with Crippen LogP contribution in [0.25, 0.3) is 0 Å². The van der Waals surface area contributed by atoms with Crippen molar-refractivity contribution < 1.29 is 0 Å². The lowest BCUT2D eigenvalue weighted by Crippen LogP contribution is -2.37. The maximum absolute atomic E-state index is 8.77. The Bertz CT molecular complexity index is 361. The van der Waals surface area contributed by atoms with Crippen LogP contribution in [0.5, 0.6) is 0 Å². The Labute approximate surface area is 91.9 Å². The molecule has 0 atom stereocenters. The molecule has 0 aliphatic heterocycles. The molecule has 2 nitrogen and oxygen atoms in total. The van der Waals surface area contributed by atoms with Gasteiger partial charge in [0.15, 0.2) is 0 Å². The minimum absolute atomic E-state index is 0.155. The molecule has 0 saturated heterocycles. The van der Waals surface area contributed by atoms with E-state index in [1.165, 1.54) is 0 Å². The molecular formula is C13H18N2. The van der Waals surface area contributed by atoms with Gasteiger partial charge in [-0.3, -0.25) is 0 Å². The fourth-order valence-electron chi connectivity index (χ4n) is 1.22. The van der Waals surface area contributed by atoms with Gasteiger partial charge in [0.2, 0.25) is 0 Å². The molecule has 80 valence electrons. The second-order valence-corrected chi connectivity index (χ2v) is 4.40. The third-order valence-corrected chi connectivity index (χ3v) is 2.71. The van der Waals surface area contributed by atoms with Gasteiger partial charge in [-0.05, 0) is 38.0 Å². The number of hydrogen-bond donors (Lipinski definition) is 1. The Balaban J connectivity index is 2.62. The topological polar surface area (TPSA) is 35.8 Å². The highest BCUT2D eigenvalue weighted by atomic mass is 14.9. The van der Waals surface area contributed by atoms with Crippen molar-refractivity contribution in [2.75, 3.05) is 0 Å². The first-order valence-electron chi connectivity index (χ1n) is 5.31. The summed E-state index contributed by atoms with van der Waals surface area (Å²) in [5, 5.41) is 12.2. The Hall–Kier alpha value is -1.33. The first-order valence-corrected chi connectivity index (χ1v) is 5.31. The normalized spacial score (nSPS) is 11.1. The van der Waals surface area contributed by atoms with Crippen molar-refractivity contribution in [1.82, 2.24) is 5.32 Å². The monoisotopic (exact) mass is 202 g/mol. The van der Waals surface area contributed by atoms with E-state index in [4.69, 9.17) is 5.26 Å². The lowest BCUT2D eigenvalue weighted by molar-refractivity contribution is 0.374. The summed E-state index contributed by atoms with van der Waals surface area (Å²) < 4.78 is 0. The highest BCUT2D eigenvalue weighted by Gasteiger charge is 2.13. The molecule has 0 spiro atoms. The van der Waals surface area contributed by atoms with Gasteiger partial charge in [0.25, 0.3) is 0 Å². The first kappa shape index (κ1) is 11.7. The molecule has 0 radical (unpaired) electrons. The van der Waals surface area contributed by atoms with Crippen LogP contribution in [0, 0.1) is 11.3 Å². The van der Waals surface area contributed by atoms with Crippen LogP contribution in [-0.2, 0) is 6.54 Å². The summed E-state index contributed by atoms with van der Waals surface area (Å²) in [6.45, 7) is 7.34. The van der Waals surface area contributed by atoms with Gasteiger partial charge in [0.05, 0.1) is 11.6 Å². The Morgan fingerprint density at radius 2 is 2.13 bits per heavy atom. The van der Waals surface area contributed by atoms with Crippen molar-refractivity contribution in [3.63, 3.8) is 0 Å². The second-order valence-electron chi connectivity index (χ2n) is 4.40. The molecule has 0 fully saturated rings. The number of nitrogens with one attached hydrogen (secondary N) is 1. The molecular weight excluding hydrogens is 184 g/mol. The maximum atomic E-state index is 8.77. The van der Waals surface area contributed by atoms with Crippen molar-refractivity contribution in [2.24, 2.45) is 0 Å². The third-order valence-electron chi connectivity index (χ3n) is 2.71. The molecule has 1 aromatic rings. The smallest absolute Gasteiger partial charge is 0.0991 e. The van der Waals surface area contributed by atoms with Crippen molar-refractivity contribution in [1.29, 1.82) is 5.26 Å². The van der Waals surface area contributed by atoms with Crippen molar-refractivity contribution in [2.45, 2.75) is 39.3 Å². The molecule has 1 rings (SSSR count). The molecule has 0 aliphatic carbocycles. The predicted molar refractivity (Wildman–Crippen MR) is 62.4 cm³/mol.